The van der Waals surface area contributed by atoms with E-state index in [-0.39, 0.29) is 13.0 Å². The standard InChI is InChI=1S/C8H16N2O4/c1-8(2,6-9-12)10(13)5-4-7(11)14-3/h6,12-13H,4-5H2,1-3H3/b9-6+. The molecule has 0 radical (unpaired) electrons. The molecule has 0 rings (SSSR count). The van der Waals surface area contributed by atoms with Gasteiger partial charge in [0, 0.05) is 6.54 Å². The van der Waals surface area contributed by atoms with Crippen LogP contribution >= 0.6 is 0 Å². The summed E-state index contributed by atoms with van der Waals surface area (Å²) < 4.78 is 4.41. The lowest BCUT2D eigenvalue weighted by Gasteiger charge is -2.28. The van der Waals surface area contributed by atoms with Crippen LogP contribution in [0.1, 0.15) is 20.3 Å². The van der Waals surface area contributed by atoms with Gasteiger partial charge in [-0.15, -0.1) is 5.16 Å². The first-order chi connectivity index (χ1) is 6.44. The van der Waals surface area contributed by atoms with Crippen LogP contribution < -0.4 is 0 Å². The zero-order chi connectivity index (χ0) is 11.2. The van der Waals surface area contributed by atoms with Crippen molar-refractivity contribution in [3.63, 3.8) is 0 Å². The lowest BCUT2D eigenvalue weighted by atomic mass is 10.1. The second-order valence-corrected chi connectivity index (χ2v) is 3.35. The van der Waals surface area contributed by atoms with Crippen molar-refractivity contribution in [1.29, 1.82) is 0 Å². The van der Waals surface area contributed by atoms with Crippen LogP contribution in [0.4, 0.5) is 0 Å². The lowest BCUT2D eigenvalue weighted by molar-refractivity contribution is -0.154. The van der Waals surface area contributed by atoms with Crippen LogP contribution in [0.15, 0.2) is 5.16 Å². The third kappa shape index (κ3) is 4.20. The molecule has 6 heteroatoms. The fourth-order valence-corrected chi connectivity index (χ4v) is 0.795. The van der Waals surface area contributed by atoms with Crippen molar-refractivity contribution in [2.45, 2.75) is 25.8 Å². The van der Waals surface area contributed by atoms with Gasteiger partial charge in [0.15, 0.2) is 0 Å². The summed E-state index contributed by atoms with van der Waals surface area (Å²) in [5.41, 5.74) is -0.817. The molecule has 0 unspecified atom stereocenters. The highest BCUT2D eigenvalue weighted by atomic mass is 16.5. The van der Waals surface area contributed by atoms with Crippen LogP contribution in [0.25, 0.3) is 0 Å². The van der Waals surface area contributed by atoms with Crippen LogP contribution in [-0.4, -0.2) is 46.9 Å². The quantitative estimate of drug-likeness (QED) is 0.294. The number of methoxy groups -OCH3 is 1. The molecule has 0 fully saturated rings. The number of esters is 1. The number of oxime groups is 1. The highest BCUT2D eigenvalue weighted by Gasteiger charge is 2.24. The Morgan fingerprint density at radius 1 is 1.64 bits per heavy atom. The Bertz CT molecular complexity index is 215. The molecule has 0 aromatic carbocycles. The van der Waals surface area contributed by atoms with Crippen LogP contribution in [0, 0.1) is 0 Å². The predicted octanol–water partition coefficient (Wildman–Crippen LogP) is 0.479. The lowest BCUT2D eigenvalue weighted by Crippen LogP contribution is -2.44. The highest BCUT2D eigenvalue weighted by molar-refractivity contribution is 5.70. The van der Waals surface area contributed by atoms with Crippen molar-refractivity contribution in [3.05, 3.63) is 0 Å². The summed E-state index contributed by atoms with van der Waals surface area (Å²) >= 11 is 0. The molecule has 0 aromatic rings. The summed E-state index contributed by atoms with van der Waals surface area (Å²) in [6.07, 6.45) is 1.25. The minimum Gasteiger partial charge on any atom is -0.469 e. The van der Waals surface area contributed by atoms with E-state index in [9.17, 15) is 10.0 Å². The Morgan fingerprint density at radius 2 is 2.21 bits per heavy atom. The third-order valence-electron chi connectivity index (χ3n) is 1.79. The molecule has 2 N–H and O–H groups in total. The number of hydrogen-bond donors (Lipinski definition) is 2. The summed E-state index contributed by atoms with van der Waals surface area (Å²) in [4.78, 5) is 10.8. The normalized spacial score (nSPS) is 12.4. The first-order valence-corrected chi connectivity index (χ1v) is 4.16. The minimum atomic E-state index is -0.817. The maximum Gasteiger partial charge on any atom is 0.306 e. The largest absolute Gasteiger partial charge is 0.469 e. The second kappa shape index (κ2) is 5.56. The van der Waals surface area contributed by atoms with E-state index in [4.69, 9.17) is 5.21 Å². The Kier molecular flexibility index (Phi) is 5.11. The summed E-state index contributed by atoms with van der Waals surface area (Å²) in [6, 6.07) is 0. The van der Waals surface area contributed by atoms with Gasteiger partial charge >= 0.3 is 5.97 Å². The minimum absolute atomic E-state index is 0.0791. The molecule has 0 aliphatic heterocycles. The van der Waals surface area contributed by atoms with E-state index in [1.54, 1.807) is 13.8 Å². The van der Waals surface area contributed by atoms with E-state index >= 15 is 0 Å². The Balaban J connectivity index is 4.07. The molecule has 82 valence electrons. The van der Waals surface area contributed by atoms with Crippen molar-refractivity contribution < 1.29 is 19.9 Å². The number of hydroxylamine groups is 2. The number of nitrogens with zero attached hydrogens (tertiary/aromatic N) is 2. The van der Waals surface area contributed by atoms with Crippen LogP contribution in [-0.2, 0) is 9.53 Å². The van der Waals surface area contributed by atoms with Crippen LogP contribution in [0.3, 0.4) is 0 Å². The molecule has 0 aliphatic rings. The van der Waals surface area contributed by atoms with Gasteiger partial charge in [-0.2, -0.15) is 5.06 Å². The zero-order valence-corrected chi connectivity index (χ0v) is 8.60. The molecule has 6 nitrogen and oxygen atoms in total. The van der Waals surface area contributed by atoms with E-state index in [1.807, 2.05) is 0 Å². The van der Waals surface area contributed by atoms with Crippen molar-refractivity contribution in [2.75, 3.05) is 13.7 Å². The average Bonchev–Trinajstić information content (AvgIpc) is 2.13. The van der Waals surface area contributed by atoms with E-state index in [0.29, 0.717) is 0 Å². The Morgan fingerprint density at radius 3 is 2.64 bits per heavy atom. The van der Waals surface area contributed by atoms with Gasteiger partial charge in [-0.25, -0.2) is 0 Å². The first-order valence-electron chi connectivity index (χ1n) is 4.16. The van der Waals surface area contributed by atoms with Crippen molar-refractivity contribution in [1.82, 2.24) is 5.06 Å². The fraction of sp³-hybridized carbons (Fsp3) is 0.750. The van der Waals surface area contributed by atoms with Crippen LogP contribution in [0.5, 0.6) is 0 Å². The molecule has 0 saturated carbocycles. The van der Waals surface area contributed by atoms with Crippen molar-refractivity contribution in [2.24, 2.45) is 5.16 Å². The number of hydrogen-bond acceptors (Lipinski definition) is 6. The highest BCUT2D eigenvalue weighted by Crippen LogP contribution is 2.09. The summed E-state index contributed by atoms with van der Waals surface area (Å²) in [5, 5.41) is 21.5. The topological polar surface area (TPSA) is 82.4 Å². The molecule has 0 heterocycles. The molecule has 0 aromatic heterocycles. The molecule has 0 bridgehead atoms. The average molecular weight is 204 g/mol. The van der Waals surface area contributed by atoms with E-state index in [2.05, 4.69) is 9.89 Å². The van der Waals surface area contributed by atoms with E-state index in [1.165, 1.54) is 13.3 Å². The predicted molar refractivity (Wildman–Crippen MR) is 49.5 cm³/mol. The Labute approximate surface area is 82.7 Å². The Hall–Kier alpha value is -1.14. The second-order valence-electron chi connectivity index (χ2n) is 3.35. The SMILES string of the molecule is COC(=O)CCN(O)C(C)(C)/C=N/O. The molecular formula is C8H16N2O4. The molecule has 0 spiro atoms. The maximum absolute atomic E-state index is 10.8. The molecule has 0 amide bonds. The molecular weight excluding hydrogens is 188 g/mol. The molecule has 14 heavy (non-hydrogen) atoms. The molecule has 0 saturated heterocycles. The summed E-state index contributed by atoms with van der Waals surface area (Å²) in [5.74, 6) is -0.402. The first kappa shape index (κ1) is 12.9. The van der Waals surface area contributed by atoms with Crippen LogP contribution in [0.2, 0.25) is 0 Å². The fourth-order valence-electron chi connectivity index (χ4n) is 0.795. The van der Waals surface area contributed by atoms with E-state index < -0.39 is 11.5 Å². The van der Waals surface area contributed by atoms with Crippen molar-refractivity contribution >= 4 is 12.2 Å². The van der Waals surface area contributed by atoms with Gasteiger partial charge in [0.1, 0.15) is 0 Å². The van der Waals surface area contributed by atoms with Crippen molar-refractivity contribution in [3.8, 4) is 0 Å². The van der Waals surface area contributed by atoms with Gasteiger partial charge < -0.3 is 15.2 Å². The van der Waals surface area contributed by atoms with Gasteiger partial charge in [-0.05, 0) is 13.8 Å². The van der Waals surface area contributed by atoms with Gasteiger partial charge in [0.25, 0.3) is 0 Å². The van der Waals surface area contributed by atoms with E-state index in [0.717, 1.165) is 5.06 Å². The number of carbonyl (C=O) groups is 1. The smallest absolute Gasteiger partial charge is 0.306 e. The summed E-state index contributed by atoms with van der Waals surface area (Å²) in [7, 11) is 1.28. The summed E-state index contributed by atoms with van der Waals surface area (Å²) in [6.45, 7) is 3.40. The molecule has 0 aliphatic carbocycles. The molecule has 0 atom stereocenters. The number of ether oxygens (including phenoxy) is 1. The van der Waals surface area contributed by atoms with Gasteiger partial charge in [0.05, 0.1) is 25.3 Å². The zero-order valence-electron chi connectivity index (χ0n) is 8.60. The van der Waals surface area contributed by atoms with Gasteiger partial charge in [-0.1, -0.05) is 0 Å². The monoisotopic (exact) mass is 204 g/mol. The number of rotatable bonds is 5. The number of carbonyl (C=O) groups excluding carboxylic acids is 1. The van der Waals surface area contributed by atoms with Gasteiger partial charge in [0.2, 0.25) is 0 Å². The third-order valence-corrected chi connectivity index (χ3v) is 1.79. The maximum atomic E-state index is 10.8. The van der Waals surface area contributed by atoms with Gasteiger partial charge in [-0.3, -0.25) is 4.79 Å².